The molecule has 0 bridgehead atoms. The number of anilines is 3. The van der Waals surface area contributed by atoms with Crippen molar-refractivity contribution in [1.29, 1.82) is 0 Å². The lowest BCUT2D eigenvalue weighted by atomic mass is 9.95. The second-order valence-corrected chi connectivity index (χ2v) is 17.9. The summed E-state index contributed by atoms with van der Waals surface area (Å²) in [6, 6.07) is 72.0. The molecule has 0 amide bonds. The Labute approximate surface area is 397 Å². The van der Waals surface area contributed by atoms with E-state index in [1.54, 1.807) is 0 Å². The quantitative estimate of drug-likeness (QED) is 0.107. The summed E-state index contributed by atoms with van der Waals surface area (Å²) in [5.41, 5.74) is 16.0. The zero-order chi connectivity index (χ0) is 45.5. The van der Waals surface area contributed by atoms with E-state index >= 15 is 0 Å². The van der Waals surface area contributed by atoms with Crippen molar-refractivity contribution in [2.24, 2.45) is 0 Å². The third kappa shape index (κ3) is 9.03. The molecule has 0 aliphatic carbocycles. The summed E-state index contributed by atoms with van der Waals surface area (Å²) < 4.78 is 7.80. The number of hydrogen-bond acceptors (Lipinski definition) is 3. The predicted octanol–water partition coefficient (Wildman–Crippen LogP) is 17.0. The first-order valence-electron chi connectivity index (χ1n) is 23.0. The number of benzene rings is 8. The van der Waals surface area contributed by atoms with Gasteiger partial charge in [0.15, 0.2) is 0 Å². The van der Waals surface area contributed by atoms with Gasteiger partial charge in [-0.1, -0.05) is 202 Å². The summed E-state index contributed by atoms with van der Waals surface area (Å²) in [7, 11) is 0. The Morgan fingerprint density at radius 1 is 0.552 bits per heavy atom. The second kappa shape index (κ2) is 19.6. The van der Waals surface area contributed by atoms with Crippen molar-refractivity contribution in [3.8, 4) is 44.5 Å². The standard InChI is InChI=1S/C64H51NOS/c1-4-6-10-27-59-60-29-18-28-56(64(60)67-63(59)45(3)43-62-58(25-7-5-2)57-26-15-16-30-61(57)66-62)52-24-17-23-51(44-52)50-35-41-55(42-36-50)65(53-37-31-48(32-38-53)46-19-11-8-12-20-46)54-39-33-49(34-40-54)47-21-13-9-14-22-47/h4-26,28-45H,1,27H2,2-3H3/b7-5-,10-6-,58-25-,62-43-. The molecule has 2 nitrogen and oxygen atoms in total. The maximum absolute atomic E-state index is 6.51. The largest absolute Gasteiger partial charge is 0.456 e. The normalized spacial score (nSPS) is 12.7. The molecule has 10 aromatic rings. The van der Waals surface area contributed by atoms with E-state index in [-0.39, 0.29) is 5.92 Å². The fourth-order valence-electron chi connectivity index (χ4n) is 9.14. The highest BCUT2D eigenvalue weighted by Gasteiger charge is 2.20. The molecule has 0 spiro atoms. The molecule has 67 heavy (non-hydrogen) atoms. The fourth-order valence-corrected chi connectivity index (χ4v) is 10.5. The molecule has 2 aromatic heterocycles. The Hall–Kier alpha value is -7.98. The predicted molar refractivity (Wildman–Crippen MR) is 289 cm³/mol. The Kier molecular flexibility index (Phi) is 12.6. The molecule has 10 rings (SSSR count). The van der Waals surface area contributed by atoms with Gasteiger partial charge in [-0.3, -0.25) is 0 Å². The molecule has 0 radical (unpaired) electrons. The highest BCUT2D eigenvalue weighted by molar-refractivity contribution is 7.20. The molecule has 0 aliphatic heterocycles. The lowest BCUT2D eigenvalue weighted by molar-refractivity contribution is 0.572. The van der Waals surface area contributed by atoms with Crippen LogP contribution in [0.1, 0.15) is 30.2 Å². The van der Waals surface area contributed by atoms with Crippen molar-refractivity contribution in [1.82, 2.24) is 0 Å². The van der Waals surface area contributed by atoms with Crippen LogP contribution in [0.3, 0.4) is 0 Å². The average molecular weight is 882 g/mol. The Bertz CT molecular complexity index is 3420. The van der Waals surface area contributed by atoms with Crippen LogP contribution in [0.5, 0.6) is 0 Å². The molecular weight excluding hydrogens is 831 g/mol. The van der Waals surface area contributed by atoms with E-state index in [1.807, 2.05) is 36.5 Å². The van der Waals surface area contributed by atoms with Crippen LogP contribution < -0.4 is 15.5 Å². The summed E-state index contributed by atoms with van der Waals surface area (Å²) in [5, 5.41) is 3.53. The van der Waals surface area contributed by atoms with Crippen LogP contribution in [-0.2, 0) is 6.42 Å². The van der Waals surface area contributed by atoms with Crippen LogP contribution in [-0.4, -0.2) is 0 Å². The third-order valence-electron chi connectivity index (χ3n) is 12.5. The molecular formula is C64H51NOS. The molecule has 8 aromatic carbocycles. The molecule has 0 N–H and O–H groups in total. The smallest absolute Gasteiger partial charge is 0.135 e. The van der Waals surface area contributed by atoms with Gasteiger partial charge < -0.3 is 9.32 Å². The van der Waals surface area contributed by atoms with Crippen molar-refractivity contribution in [2.45, 2.75) is 26.2 Å². The van der Waals surface area contributed by atoms with Gasteiger partial charge in [-0.25, -0.2) is 0 Å². The number of allylic oxidation sites excluding steroid dienone is 5. The van der Waals surface area contributed by atoms with Gasteiger partial charge in [-0.2, -0.15) is 0 Å². The topological polar surface area (TPSA) is 16.4 Å². The Morgan fingerprint density at radius 2 is 1.07 bits per heavy atom. The molecule has 1 atom stereocenters. The number of para-hydroxylation sites is 1. The zero-order valence-electron chi connectivity index (χ0n) is 37.8. The first kappa shape index (κ1) is 42.9. The molecule has 1 unspecified atom stereocenters. The van der Waals surface area contributed by atoms with Gasteiger partial charge in [0.2, 0.25) is 0 Å². The van der Waals surface area contributed by atoms with E-state index in [0.29, 0.717) is 0 Å². The van der Waals surface area contributed by atoms with Gasteiger partial charge in [-0.05, 0) is 123 Å². The first-order chi connectivity index (χ1) is 33.1. The minimum absolute atomic E-state index is 0.115. The third-order valence-corrected chi connectivity index (χ3v) is 14.0. The van der Waals surface area contributed by atoms with Gasteiger partial charge in [0.25, 0.3) is 0 Å². The van der Waals surface area contributed by atoms with Crippen LogP contribution >= 0.6 is 11.3 Å². The van der Waals surface area contributed by atoms with Gasteiger partial charge in [0, 0.05) is 43.2 Å². The van der Waals surface area contributed by atoms with Crippen molar-refractivity contribution < 1.29 is 4.42 Å². The number of furan rings is 1. The minimum atomic E-state index is 0.115. The van der Waals surface area contributed by atoms with Crippen LogP contribution in [0.2, 0.25) is 0 Å². The van der Waals surface area contributed by atoms with E-state index in [4.69, 9.17) is 4.42 Å². The number of fused-ring (bicyclic) bond motifs is 2. The first-order valence-corrected chi connectivity index (χ1v) is 23.8. The maximum atomic E-state index is 6.51. The van der Waals surface area contributed by atoms with E-state index in [0.717, 1.165) is 45.1 Å². The number of thiophene rings is 1. The fraction of sp³-hybridized carbons (Fsp3) is 0.0625. The molecule has 0 saturated carbocycles. The van der Waals surface area contributed by atoms with E-state index in [9.17, 15) is 0 Å². The molecule has 2 heterocycles. The van der Waals surface area contributed by atoms with Crippen molar-refractivity contribution in [2.75, 3.05) is 4.90 Å². The molecule has 0 fully saturated rings. The highest BCUT2D eigenvalue weighted by Crippen LogP contribution is 2.43. The maximum Gasteiger partial charge on any atom is 0.135 e. The highest BCUT2D eigenvalue weighted by atomic mass is 32.1. The summed E-state index contributed by atoms with van der Waals surface area (Å²) >= 11 is 1.90. The van der Waals surface area contributed by atoms with Crippen LogP contribution in [0, 0.1) is 0 Å². The summed E-state index contributed by atoms with van der Waals surface area (Å²) in [5.74, 6) is 0.115. The Morgan fingerprint density at radius 3 is 1.69 bits per heavy atom. The monoisotopic (exact) mass is 881 g/mol. The zero-order valence-corrected chi connectivity index (χ0v) is 38.7. The Balaban J connectivity index is 1.00. The van der Waals surface area contributed by atoms with Crippen LogP contribution in [0.25, 0.3) is 77.7 Å². The van der Waals surface area contributed by atoms with Crippen LogP contribution in [0.15, 0.2) is 242 Å². The number of nitrogens with zero attached hydrogens (tertiary/aromatic N) is 1. The SMILES string of the molecule is C=C/C=C\Cc1c(C(C)\C=c2/oc3ccccc3/c2=C/C=C\C)sc2c(-c3cccc(-c4ccc(N(c5ccc(-c6ccccc6)cc5)c5ccc(-c6ccccc6)cc5)cc4)c3)cccc12. The molecule has 0 saturated heterocycles. The summed E-state index contributed by atoms with van der Waals surface area (Å²) in [6.07, 6.45) is 15.5. The van der Waals surface area contributed by atoms with Crippen molar-refractivity contribution >= 4 is 61.6 Å². The lowest BCUT2D eigenvalue weighted by Crippen LogP contribution is -2.20. The van der Waals surface area contributed by atoms with E-state index in [2.05, 4.69) is 243 Å². The summed E-state index contributed by atoms with van der Waals surface area (Å²) in [4.78, 5) is 3.68. The lowest BCUT2D eigenvalue weighted by Gasteiger charge is -2.26. The van der Waals surface area contributed by atoms with Gasteiger partial charge >= 0.3 is 0 Å². The van der Waals surface area contributed by atoms with E-state index in [1.165, 1.54) is 65.0 Å². The van der Waals surface area contributed by atoms with Crippen molar-refractivity contribution in [3.63, 3.8) is 0 Å². The van der Waals surface area contributed by atoms with Gasteiger partial charge in [0.05, 0.1) is 0 Å². The molecule has 324 valence electrons. The van der Waals surface area contributed by atoms with Gasteiger partial charge in [-0.15, -0.1) is 11.3 Å². The summed E-state index contributed by atoms with van der Waals surface area (Å²) in [6.45, 7) is 8.29. The number of hydrogen-bond donors (Lipinski definition) is 0. The minimum Gasteiger partial charge on any atom is -0.456 e. The average Bonchev–Trinajstić information content (AvgIpc) is 3.94. The second-order valence-electron chi connectivity index (χ2n) is 16.8. The van der Waals surface area contributed by atoms with Crippen LogP contribution in [0.4, 0.5) is 17.1 Å². The number of rotatable bonds is 13. The molecule has 3 heteroatoms. The van der Waals surface area contributed by atoms with Crippen molar-refractivity contribution in [3.05, 3.63) is 258 Å². The molecule has 0 aliphatic rings. The van der Waals surface area contributed by atoms with Gasteiger partial charge in [0.1, 0.15) is 11.0 Å². The van der Waals surface area contributed by atoms with E-state index < -0.39 is 0 Å².